The van der Waals surface area contributed by atoms with Crippen molar-refractivity contribution in [2.75, 3.05) is 0 Å². The molecular weight excluding hydrogens is 194 g/mol. The molecule has 0 amide bonds. The van der Waals surface area contributed by atoms with E-state index in [1.807, 2.05) is 0 Å². The summed E-state index contributed by atoms with van der Waals surface area (Å²) < 4.78 is 0. The maximum absolute atomic E-state index is 6.44. The first-order valence-corrected chi connectivity index (χ1v) is 6.31. The van der Waals surface area contributed by atoms with E-state index >= 15 is 0 Å². The van der Waals surface area contributed by atoms with Crippen molar-refractivity contribution in [3.63, 3.8) is 0 Å². The highest BCUT2D eigenvalue weighted by Crippen LogP contribution is 2.28. The van der Waals surface area contributed by atoms with Crippen LogP contribution in [0.5, 0.6) is 0 Å². The van der Waals surface area contributed by atoms with Gasteiger partial charge in [-0.25, -0.2) is 0 Å². The van der Waals surface area contributed by atoms with E-state index in [1.165, 1.54) is 24.0 Å². The lowest BCUT2D eigenvalue weighted by atomic mass is 9.82. The van der Waals surface area contributed by atoms with Gasteiger partial charge in [-0.15, -0.1) is 0 Å². The van der Waals surface area contributed by atoms with Gasteiger partial charge in [-0.2, -0.15) is 0 Å². The van der Waals surface area contributed by atoms with Crippen molar-refractivity contribution in [2.24, 2.45) is 11.7 Å². The average Bonchev–Trinajstić information content (AvgIpc) is 2.17. The summed E-state index contributed by atoms with van der Waals surface area (Å²) in [7, 11) is 0. The maximum Gasteiger partial charge on any atom is 0.0383 e. The van der Waals surface area contributed by atoms with E-state index in [1.54, 1.807) is 0 Å². The average molecular weight is 219 g/mol. The number of hydrogen-bond acceptors (Lipinski definition) is 1. The summed E-state index contributed by atoms with van der Waals surface area (Å²) in [5.74, 6) is 0.695. The first-order valence-electron chi connectivity index (χ1n) is 6.31. The predicted octanol–water partition coefficient (Wildman–Crippen LogP) is 4.00. The van der Waals surface area contributed by atoms with Gasteiger partial charge in [0.25, 0.3) is 0 Å². The molecular formula is C15H25N. The smallest absolute Gasteiger partial charge is 0.0383 e. The first kappa shape index (κ1) is 13.2. The Hall–Kier alpha value is -0.820. The van der Waals surface area contributed by atoms with Crippen LogP contribution in [0.1, 0.15) is 51.2 Å². The minimum Gasteiger partial charge on any atom is -0.322 e. The van der Waals surface area contributed by atoms with Gasteiger partial charge >= 0.3 is 0 Å². The number of hydrogen-bond donors (Lipinski definition) is 1. The van der Waals surface area contributed by atoms with Crippen molar-refractivity contribution in [3.8, 4) is 0 Å². The van der Waals surface area contributed by atoms with Crippen LogP contribution < -0.4 is 5.73 Å². The molecule has 2 unspecified atom stereocenters. The second-order valence-corrected chi connectivity index (χ2v) is 5.38. The van der Waals surface area contributed by atoms with Crippen LogP contribution >= 0.6 is 0 Å². The van der Waals surface area contributed by atoms with E-state index in [-0.39, 0.29) is 5.54 Å². The van der Waals surface area contributed by atoms with Crippen LogP contribution in [-0.2, 0) is 5.54 Å². The molecule has 0 bridgehead atoms. The summed E-state index contributed by atoms with van der Waals surface area (Å²) in [6, 6.07) is 8.57. The standard InChI is InChI=1S/C15H25N/c1-5-7-13(3)11-15(4,16)14-9-6-8-12(2)10-14/h6,8-10,13H,5,7,11,16H2,1-4H3. The lowest BCUT2D eigenvalue weighted by molar-refractivity contribution is 0.346. The number of benzene rings is 1. The molecule has 0 saturated carbocycles. The van der Waals surface area contributed by atoms with E-state index in [4.69, 9.17) is 5.73 Å². The fraction of sp³-hybridized carbons (Fsp3) is 0.600. The van der Waals surface area contributed by atoms with Gasteiger partial charge < -0.3 is 5.73 Å². The molecule has 0 radical (unpaired) electrons. The van der Waals surface area contributed by atoms with Gasteiger partial charge in [0, 0.05) is 5.54 Å². The molecule has 2 N–H and O–H groups in total. The van der Waals surface area contributed by atoms with Crippen molar-refractivity contribution in [2.45, 2.75) is 52.5 Å². The molecule has 1 heteroatoms. The maximum atomic E-state index is 6.44. The Morgan fingerprint density at radius 2 is 2.06 bits per heavy atom. The minimum absolute atomic E-state index is 0.194. The highest BCUT2D eigenvalue weighted by molar-refractivity contribution is 5.28. The largest absolute Gasteiger partial charge is 0.322 e. The molecule has 0 aliphatic rings. The molecule has 1 nitrogen and oxygen atoms in total. The van der Waals surface area contributed by atoms with Crippen molar-refractivity contribution in [3.05, 3.63) is 35.4 Å². The van der Waals surface area contributed by atoms with Crippen LogP contribution in [0.25, 0.3) is 0 Å². The van der Waals surface area contributed by atoms with Gasteiger partial charge in [-0.05, 0) is 31.7 Å². The summed E-state index contributed by atoms with van der Waals surface area (Å²) in [6.07, 6.45) is 3.56. The Morgan fingerprint density at radius 3 is 2.62 bits per heavy atom. The molecule has 1 aromatic rings. The third-order valence-electron chi connectivity index (χ3n) is 3.23. The number of nitrogens with two attached hydrogens (primary N) is 1. The predicted molar refractivity (Wildman–Crippen MR) is 71.4 cm³/mol. The van der Waals surface area contributed by atoms with Crippen LogP contribution in [0.4, 0.5) is 0 Å². The first-order chi connectivity index (χ1) is 7.45. The van der Waals surface area contributed by atoms with Crippen molar-refractivity contribution < 1.29 is 0 Å². The minimum atomic E-state index is -0.194. The summed E-state index contributed by atoms with van der Waals surface area (Å²) in [6.45, 7) is 8.80. The fourth-order valence-electron chi connectivity index (χ4n) is 2.44. The van der Waals surface area contributed by atoms with E-state index in [9.17, 15) is 0 Å². The summed E-state index contributed by atoms with van der Waals surface area (Å²) >= 11 is 0. The highest BCUT2D eigenvalue weighted by atomic mass is 14.7. The monoisotopic (exact) mass is 219 g/mol. The molecule has 0 spiro atoms. The molecule has 2 atom stereocenters. The lowest BCUT2D eigenvalue weighted by Crippen LogP contribution is -2.35. The van der Waals surface area contributed by atoms with Crippen molar-refractivity contribution in [1.82, 2.24) is 0 Å². The molecule has 0 aliphatic heterocycles. The summed E-state index contributed by atoms with van der Waals surface area (Å²) in [5.41, 5.74) is 8.79. The third kappa shape index (κ3) is 3.64. The second kappa shape index (κ2) is 5.49. The van der Waals surface area contributed by atoms with E-state index in [0.717, 1.165) is 6.42 Å². The molecule has 0 aromatic heterocycles. The normalized spacial score (nSPS) is 16.8. The lowest BCUT2D eigenvalue weighted by Gasteiger charge is -2.29. The van der Waals surface area contributed by atoms with E-state index < -0.39 is 0 Å². The quantitative estimate of drug-likeness (QED) is 0.796. The Kier molecular flexibility index (Phi) is 4.55. The zero-order chi connectivity index (χ0) is 12.2. The van der Waals surface area contributed by atoms with Gasteiger partial charge in [0.05, 0.1) is 0 Å². The van der Waals surface area contributed by atoms with E-state index in [0.29, 0.717) is 5.92 Å². The Morgan fingerprint density at radius 1 is 1.38 bits per heavy atom. The molecule has 1 aromatic carbocycles. The van der Waals surface area contributed by atoms with Crippen molar-refractivity contribution >= 4 is 0 Å². The third-order valence-corrected chi connectivity index (χ3v) is 3.23. The molecule has 1 rings (SSSR count). The Balaban J connectivity index is 2.76. The number of rotatable bonds is 5. The summed E-state index contributed by atoms with van der Waals surface area (Å²) in [5, 5.41) is 0. The Labute approximate surface area is 100 Å². The van der Waals surface area contributed by atoms with Crippen molar-refractivity contribution in [1.29, 1.82) is 0 Å². The van der Waals surface area contributed by atoms with E-state index in [2.05, 4.69) is 52.0 Å². The molecule has 0 aliphatic carbocycles. The van der Waals surface area contributed by atoms with Crippen LogP contribution in [0, 0.1) is 12.8 Å². The topological polar surface area (TPSA) is 26.0 Å². The molecule has 16 heavy (non-hydrogen) atoms. The Bertz CT molecular complexity index is 328. The van der Waals surface area contributed by atoms with Gasteiger partial charge in [0.1, 0.15) is 0 Å². The fourth-order valence-corrected chi connectivity index (χ4v) is 2.44. The molecule has 90 valence electrons. The number of aryl methyl sites for hydroxylation is 1. The molecule has 0 heterocycles. The van der Waals surface area contributed by atoms with Gasteiger partial charge in [0.15, 0.2) is 0 Å². The SMILES string of the molecule is CCCC(C)CC(C)(N)c1cccc(C)c1. The second-order valence-electron chi connectivity index (χ2n) is 5.38. The van der Waals surface area contributed by atoms with Gasteiger partial charge in [-0.1, -0.05) is 56.5 Å². The van der Waals surface area contributed by atoms with Crippen LogP contribution in [-0.4, -0.2) is 0 Å². The zero-order valence-electron chi connectivity index (χ0n) is 11.1. The highest BCUT2D eigenvalue weighted by Gasteiger charge is 2.23. The molecule has 0 fully saturated rings. The van der Waals surface area contributed by atoms with Gasteiger partial charge in [-0.3, -0.25) is 0 Å². The summed E-state index contributed by atoms with van der Waals surface area (Å²) in [4.78, 5) is 0. The zero-order valence-corrected chi connectivity index (χ0v) is 11.1. The van der Waals surface area contributed by atoms with Crippen LogP contribution in [0.2, 0.25) is 0 Å². The van der Waals surface area contributed by atoms with Crippen LogP contribution in [0.3, 0.4) is 0 Å². The van der Waals surface area contributed by atoms with Gasteiger partial charge in [0.2, 0.25) is 0 Å². The molecule has 0 saturated heterocycles. The van der Waals surface area contributed by atoms with Crippen LogP contribution in [0.15, 0.2) is 24.3 Å².